The Kier molecular flexibility index (Phi) is 8.64. The van der Waals surface area contributed by atoms with Crippen LogP contribution in [0.25, 0.3) is 0 Å². The van der Waals surface area contributed by atoms with Gasteiger partial charge in [0.15, 0.2) is 5.96 Å². The van der Waals surface area contributed by atoms with Crippen molar-refractivity contribution in [1.82, 2.24) is 20.0 Å². The van der Waals surface area contributed by atoms with Gasteiger partial charge in [0.05, 0.1) is 12.7 Å². The number of benzene rings is 1. The summed E-state index contributed by atoms with van der Waals surface area (Å²) >= 11 is 6.32. The molecule has 2 aliphatic rings. The van der Waals surface area contributed by atoms with Crippen molar-refractivity contribution < 1.29 is 4.74 Å². The molecule has 0 spiro atoms. The van der Waals surface area contributed by atoms with Crippen LogP contribution in [0, 0.1) is 0 Å². The summed E-state index contributed by atoms with van der Waals surface area (Å²) in [6.45, 7) is 7.26. The molecule has 8 heteroatoms. The number of rotatable bonds is 5. The van der Waals surface area contributed by atoms with Crippen LogP contribution in [-0.4, -0.2) is 60.0 Å². The first-order chi connectivity index (χ1) is 14.6. The van der Waals surface area contributed by atoms with Crippen molar-refractivity contribution in [2.45, 2.75) is 37.5 Å². The lowest BCUT2D eigenvalue weighted by molar-refractivity contribution is 0.0530. The molecule has 0 amide bonds. The second-order valence-electron chi connectivity index (χ2n) is 8.45. The third kappa shape index (κ3) is 5.73. The summed E-state index contributed by atoms with van der Waals surface area (Å²) in [7, 11) is 1.98. The topological polar surface area (TPSA) is 54.7 Å². The van der Waals surface area contributed by atoms with Crippen molar-refractivity contribution in [2.75, 3.05) is 39.4 Å². The maximum absolute atomic E-state index is 6.32. The van der Waals surface area contributed by atoms with E-state index in [4.69, 9.17) is 21.3 Å². The van der Waals surface area contributed by atoms with E-state index < -0.39 is 0 Å². The number of aliphatic imine (C=N–C) groups is 1. The van der Waals surface area contributed by atoms with Gasteiger partial charge in [-0.1, -0.05) is 23.7 Å². The number of hydrogen-bond acceptors (Lipinski definition) is 3. The van der Waals surface area contributed by atoms with Crippen molar-refractivity contribution in [1.29, 1.82) is 0 Å². The van der Waals surface area contributed by atoms with Crippen molar-refractivity contribution in [3.63, 3.8) is 0 Å². The van der Waals surface area contributed by atoms with Gasteiger partial charge in [-0.25, -0.2) is 0 Å². The van der Waals surface area contributed by atoms with Gasteiger partial charge in [0.1, 0.15) is 0 Å². The Morgan fingerprint density at radius 3 is 2.84 bits per heavy atom. The fourth-order valence-electron chi connectivity index (χ4n) is 4.65. The molecule has 0 radical (unpaired) electrons. The first-order valence-corrected chi connectivity index (χ1v) is 11.3. The Hall–Kier alpha value is -1.32. The molecule has 0 saturated carbocycles. The van der Waals surface area contributed by atoms with E-state index in [2.05, 4.69) is 40.6 Å². The maximum atomic E-state index is 6.32. The highest BCUT2D eigenvalue weighted by atomic mass is 127. The Balaban J connectivity index is 0.00000272. The zero-order valence-electron chi connectivity index (χ0n) is 18.4. The van der Waals surface area contributed by atoms with Crippen LogP contribution in [0.15, 0.2) is 41.7 Å². The van der Waals surface area contributed by atoms with Crippen molar-refractivity contribution in [3.8, 4) is 0 Å². The Morgan fingerprint density at radius 1 is 1.35 bits per heavy atom. The Bertz CT molecular complexity index is 880. The number of halogens is 2. The second-order valence-corrected chi connectivity index (χ2v) is 8.89. The largest absolute Gasteiger partial charge is 0.381 e. The summed E-state index contributed by atoms with van der Waals surface area (Å²) in [6, 6.07) is 8.27. The quantitative estimate of drug-likeness (QED) is 0.340. The third-order valence-corrected chi connectivity index (χ3v) is 6.67. The molecule has 2 aliphatic heterocycles. The van der Waals surface area contributed by atoms with E-state index in [-0.39, 0.29) is 29.4 Å². The zero-order chi connectivity index (χ0) is 21.0. The molecule has 170 valence electrons. The van der Waals surface area contributed by atoms with Crippen LogP contribution in [0.4, 0.5) is 0 Å². The SMILES string of the molecule is CCNC(=NCC1(c2cccc(Cl)c2)CCOCC1)N1CCC(c2cnn(C)c2)C1.I. The molecule has 31 heavy (non-hydrogen) atoms. The molecule has 0 bridgehead atoms. The molecule has 6 nitrogen and oxygen atoms in total. The Labute approximate surface area is 207 Å². The molecule has 2 saturated heterocycles. The van der Waals surface area contributed by atoms with Crippen molar-refractivity contribution in [2.24, 2.45) is 12.0 Å². The molecule has 4 rings (SSSR count). The van der Waals surface area contributed by atoms with Crippen LogP contribution < -0.4 is 5.32 Å². The van der Waals surface area contributed by atoms with Crippen LogP contribution in [0.3, 0.4) is 0 Å². The molecule has 0 aliphatic carbocycles. The third-order valence-electron chi connectivity index (χ3n) is 6.44. The lowest BCUT2D eigenvalue weighted by Gasteiger charge is -2.37. The molecule has 1 aromatic heterocycles. The predicted octanol–water partition coefficient (Wildman–Crippen LogP) is 4.19. The van der Waals surface area contributed by atoms with Gasteiger partial charge in [0.2, 0.25) is 0 Å². The lowest BCUT2D eigenvalue weighted by Crippen LogP contribution is -2.42. The van der Waals surface area contributed by atoms with E-state index in [1.54, 1.807) is 0 Å². The highest BCUT2D eigenvalue weighted by molar-refractivity contribution is 14.0. The van der Waals surface area contributed by atoms with E-state index in [0.717, 1.165) is 69.6 Å². The fraction of sp³-hybridized carbons (Fsp3) is 0.565. The van der Waals surface area contributed by atoms with Gasteiger partial charge in [0.25, 0.3) is 0 Å². The number of aryl methyl sites for hydroxylation is 1. The smallest absolute Gasteiger partial charge is 0.193 e. The molecule has 2 aromatic rings. The number of hydrogen-bond donors (Lipinski definition) is 1. The average Bonchev–Trinajstić information content (AvgIpc) is 3.41. The molecule has 2 fully saturated rings. The fourth-order valence-corrected chi connectivity index (χ4v) is 4.84. The number of nitrogens with zero attached hydrogens (tertiary/aromatic N) is 4. The monoisotopic (exact) mass is 557 g/mol. The van der Waals surface area contributed by atoms with Crippen LogP contribution in [0.1, 0.15) is 43.2 Å². The van der Waals surface area contributed by atoms with Gasteiger partial charge in [-0.15, -0.1) is 24.0 Å². The molecule has 1 aromatic carbocycles. The van der Waals surface area contributed by atoms with E-state index in [0.29, 0.717) is 5.92 Å². The van der Waals surface area contributed by atoms with Crippen LogP contribution in [-0.2, 0) is 17.2 Å². The summed E-state index contributed by atoms with van der Waals surface area (Å²) in [4.78, 5) is 7.54. The average molecular weight is 558 g/mol. The van der Waals surface area contributed by atoms with Gasteiger partial charge in [-0.05, 0) is 49.4 Å². The summed E-state index contributed by atoms with van der Waals surface area (Å²) in [5, 5.41) is 8.65. The molecular formula is C23H33ClIN5O. The van der Waals surface area contributed by atoms with Crippen molar-refractivity contribution >= 4 is 41.5 Å². The molecule has 1 N–H and O–H groups in total. The van der Waals surface area contributed by atoms with Gasteiger partial charge in [-0.3, -0.25) is 9.67 Å². The van der Waals surface area contributed by atoms with Crippen LogP contribution in [0.2, 0.25) is 5.02 Å². The number of likely N-dealkylation sites (tertiary alicyclic amines) is 1. The lowest BCUT2D eigenvalue weighted by atomic mass is 9.74. The minimum Gasteiger partial charge on any atom is -0.381 e. The van der Waals surface area contributed by atoms with Gasteiger partial charge >= 0.3 is 0 Å². The van der Waals surface area contributed by atoms with Crippen molar-refractivity contribution in [3.05, 3.63) is 52.8 Å². The minimum atomic E-state index is -0.0215. The number of nitrogens with one attached hydrogen (secondary N) is 1. The van der Waals surface area contributed by atoms with Crippen LogP contribution in [0.5, 0.6) is 0 Å². The van der Waals surface area contributed by atoms with Crippen LogP contribution >= 0.6 is 35.6 Å². The minimum absolute atomic E-state index is 0. The van der Waals surface area contributed by atoms with E-state index in [9.17, 15) is 0 Å². The van der Waals surface area contributed by atoms with E-state index in [1.165, 1.54) is 11.1 Å². The number of ether oxygens (including phenoxy) is 1. The normalized spacial score (nSPS) is 21.1. The molecular weight excluding hydrogens is 525 g/mol. The first kappa shape index (κ1) is 24.3. The van der Waals surface area contributed by atoms with Gasteiger partial charge in [0, 0.05) is 62.4 Å². The summed E-state index contributed by atoms with van der Waals surface area (Å²) in [6.07, 6.45) is 7.19. The highest BCUT2D eigenvalue weighted by Gasteiger charge is 2.35. The number of aromatic nitrogens is 2. The molecule has 1 atom stereocenters. The van der Waals surface area contributed by atoms with E-state index in [1.807, 2.05) is 30.1 Å². The second kappa shape index (κ2) is 11.0. The standard InChI is InChI=1S/C23H32ClN5O.HI/c1-3-25-22(29-10-7-18(16-29)19-14-27-28(2)15-19)26-17-23(8-11-30-12-9-23)20-5-4-6-21(24)13-20;/h4-6,13-15,18H,3,7-12,16-17H2,1-2H3,(H,25,26);1H. The maximum Gasteiger partial charge on any atom is 0.193 e. The summed E-state index contributed by atoms with van der Waals surface area (Å²) < 4.78 is 7.57. The Morgan fingerprint density at radius 2 is 2.16 bits per heavy atom. The highest BCUT2D eigenvalue weighted by Crippen LogP contribution is 2.36. The first-order valence-electron chi connectivity index (χ1n) is 11.0. The van der Waals surface area contributed by atoms with Gasteiger partial charge < -0.3 is 15.0 Å². The summed E-state index contributed by atoms with van der Waals surface area (Å²) in [5.41, 5.74) is 2.56. The number of guanidine groups is 1. The predicted molar refractivity (Wildman–Crippen MR) is 137 cm³/mol. The summed E-state index contributed by atoms with van der Waals surface area (Å²) in [5.74, 6) is 1.52. The molecule has 3 heterocycles. The zero-order valence-corrected chi connectivity index (χ0v) is 21.5. The van der Waals surface area contributed by atoms with Gasteiger partial charge in [-0.2, -0.15) is 5.10 Å². The van der Waals surface area contributed by atoms with E-state index >= 15 is 0 Å². The molecule has 1 unspecified atom stereocenters.